The predicted molar refractivity (Wildman–Crippen MR) is 55.0 cm³/mol. The Morgan fingerprint density at radius 3 is 1.71 bits per heavy atom. The van der Waals surface area contributed by atoms with E-state index in [-0.39, 0.29) is 6.04 Å². The molecule has 0 aliphatic carbocycles. The quantitative estimate of drug-likeness (QED) is 0.472. The van der Waals surface area contributed by atoms with Crippen LogP contribution in [-0.4, -0.2) is 22.8 Å². The fourth-order valence-electron chi connectivity index (χ4n) is 1.61. The molecule has 0 heterocycles. The van der Waals surface area contributed by atoms with Gasteiger partial charge in [0.05, 0.1) is 11.3 Å². The molecule has 7 heteroatoms. The van der Waals surface area contributed by atoms with E-state index in [1.54, 1.807) is 6.92 Å². The predicted octanol–water partition coefficient (Wildman–Crippen LogP) is 2.01. The van der Waals surface area contributed by atoms with Crippen molar-refractivity contribution in [3.63, 3.8) is 0 Å². The van der Waals surface area contributed by atoms with E-state index in [9.17, 15) is 17.6 Å². The van der Waals surface area contributed by atoms with Gasteiger partial charge >= 0.3 is 8.56 Å². The first-order valence-electron chi connectivity index (χ1n) is 4.79. The van der Waals surface area contributed by atoms with Gasteiger partial charge in [-0.05, 0) is 6.04 Å². The minimum absolute atomic E-state index is 0.108. The molecule has 0 atom stereocenters. The molecule has 17 heavy (non-hydrogen) atoms. The summed E-state index contributed by atoms with van der Waals surface area (Å²) in [6.45, 7) is 1.56. The third-order valence-electron chi connectivity index (χ3n) is 2.55. The third kappa shape index (κ3) is 2.22. The van der Waals surface area contributed by atoms with E-state index in [0.717, 1.165) is 0 Å². The fourth-order valence-corrected chi connectivity index (χ4v) is 4.00. The molecule has 0 fully saturated rings. The van der Waals surface area contributed by atoms with Crippen LogP contribution >= 0.6 is 0 Å². The Morgan fingerprint density at radius 2 is 1.41 bits per heavy atom. The molecule has 1 aromatic rings. The Balaban J connectivity index is 3.58. The number of hydrogen-bond acceptors (Lipinski definition) is 2. The maximum Gasteiger partial charge on any atom is 0.377 e. The summed E-state index contributed by atoms with van der Waals surface area (Å²) >= 11 is 0. The van der Waals surface area contributed by atoms with Crippen molar-refractivity contribution in [1.82, 2.24) is 0 Å². The molecule has 0 aliphatic heterocycles. The van der Waals surface area contributed by atoms with Crippen LogP contribution in [0.25, 0.3) is 0 Å². The summed E-state index contributed by atoms with van der Waals surface area (Å²) < 4.78 is 63.2. The molecule has 2 nitrogen and oxygen atoms in total. The molecule has 1 radical (unpaired) electrons. The molecular weight excluding hydrogens is 256 g/mol. The lowest BCUT2D eigenvalue weighted by Gasteiger charge is -2.27. The van der Waals surface area contributed by atoms with Crippen molar-refractivity contribution in [3.8, 4) is 0 Å². The van der Waals surface area contributed by atoms with Gasteiger partial charge in [-0.3, -0.25) is 0 Å². The second kappa shape index (κ2) is 5.15. The summed E-state index contributed by atoms with van der Waals surface area (Å²) in [5.41, 5.74) is 0. The maximum atomic E-state index is 13.6. The van der Waals surface area contributed by atoms with Crippen LogP contribution in [-0.2, 0) is 8.85 Å². The highest BCUT2D eigenvalue weighted by Crippen LogP contribution is 2.19. The monoisotopic (exact) mass is 267 g/mol. The summed E-state index contributed by atoms with van der Waals surface area (Å²) in [4.78, 5) is 0. The van der Waals surface area contributed by atoms with E-state index in [2.05, 4.69) is 0 Å². The van der Waals surface area contributed by atoms with Crippen LogP contribution in [0.15, 0.2) is 0 Å². The minimum atomic E-state index is -3.50. The molecule has 1 aromatic carbocycles. The van der Waals surface area contributed by atoms with Crippen LogP contribution in [0.4, 0.5) is 17.6 Å². The van der Waals surface area contributed by atoms with Crippen molar-refractivity contribution >= 4 is 13.7 Å². The highest BCUT2D eigenvalue weighted by molar-refractivity contribution is 6.81. The van der Waals surface area contributed by atoms with Gasteiger partial charge in [-0.1, -0.05) is 6.92 Å². The molecule has 0 unspecified atom stereocenters. The van der Waals surface area contributed by atoms with Gasteiger partial charge in [-0.2, -0.15) is 0 Å². The zero-order valence-corrected chi connectivity index (χ0v) is 10.5. The first-order chi connectivity index (χ1) is 7.93. The molecular formula is C10H11F4O2Si. The molecule has 0 amide bonds. The molecule has 0 N–H and O–H groups in total. The van der Waals surface area contributed by atoms with Gasteiger partial charge in [-0.15, -0.1) is 0 Å². The summed E-state index contributed by atoms with van der Waals surface area (Å²) in [5.74, 6) is -6.20. The zero-order valence-electron chi connectivity index (χ0n) is 9.54. The number of hydrogen-bond donors (Lipinski definition) is 0. The second-order valence-electron chi connectivity index (χ2n) is 3.27. The van der Waals surface area contributed by atoms with E-state index < -0.39 is 37.0 Å². The van der Waals surface area contributed by atoms with Gasteiger partial charge in [0.25, 0.3) is 0 Å². The molecule has 1 rings (SSSR count). The van der Waals surface area contributed by atoms with Gasteiger partial charge < -0.3 is 8.85 Å². The normalized spacial score (nSPS) is 11.9. The van der Waals surface area contributed by atoms with Crippen molar-refractivity contribution in [2.75, 3.05) is 14.2 Å². The van der Waals surface area contributed by atoms with Crippen molar-refractivity contribution in [2.45, 2.75) is 13.0 Å². The van der Waals surface area contributed by atoms with Crippen molar-refractivity contribution in [3.05, 3.63) is 29.3 Å². The number of rotatable bonds is 4. The smallest absolute Gasteiger partial charge is 0.377 e. The van der Waals surface area contributed by atoms with Gasteiger partial charge in [0.2, 0.25) is 0 Å². The van der Waals surface area contributed by atoms with Gasteiger partial charge in [-0.25, -0.2) is 17.6 Å². The summed E-state index contributed by atoms with van der Waals surface area (Å²) in [5, 5.41) is -0.793. The lowest BCUT2D eigenvalue weighted by atomic mass is 10.3. The minimum Gasteiger partial charge on any atom is -0.394 e. The van der Waals surface area contributed by atoms with Crippen LogP contribution in [0, 0.1) is 29.3 Å². The number of benzene rings is 1. The molecule has 0 bridgehead atoms. The van der Waals surface area contributed by atoms with E-state index >= 15 is 0 Å². The van der Waals surface area contributed by atoms with Crippen molar-refractivity contribution in [1.29, 1.82) is 0 Å². The largest absolute Gasteiger partial charge is 0.394 e. The molecule has 95 valence electrons. The number of halogens is 4. The van der Waals surface area contributed by atoms with Crippen molar-refractivity contribution in [2.24, 2.45) is 0 Å². The first kappa shape index (κ1) is 14.1. The lowest BCUT2D eigenvalue weighted by Crippen LogP contribution is -2.55. The molecule has 0 saturated carbocycles. The summed E-state index contributed by atoms with van der Waals surface area (Å²) in [7, 11) is -1.13. The topological polar surface area (TPSA) is 18.5 Å². The van der Waals surface area contributed by atoms with E-state index in [4.69, 9.17) is 8.85 Å². The van der Waals surface area contributed by atoms with Crippen molar-refractivity contribution < 1.29 is 26.4 Å². The van der Waals surface area contributed by atoms with Crippen LogP contribution in [0.5, 0.6) is 0 Å². The Bertz CT molecular complexity index is 387. The van der Waals surface area contributed by atoms with Crippen LogP contribution in [0.1, 0.15) is 6.92 Å². The molecule has 0 spiro atoms. The highest BCUT2D eigenvalue weighted by atomic mass is 28.4. The van der Waals surface area contributed by atoms with E-state index in [0.29, 0.717) is 0 Å². The van der Waals surface area contributed by atoms with Crippen LogP contribution in [0.2, 0.25) is 6.04 Å². The standard InChI is InChI=1S/C10H11F4O2Si/c1-4-17(15-2,16-3)10-8(13)6(11)5-7(12)9(10)14/h4H2,1-3H3. The average molecular weight is 267 g/mol. The Hall–Kier alpha value is -0.923. The van der Waals surface area contributed by atoms with E-state index in [1.807, 2.05) is 0 Å². The molecule has 0 saturated heterocycles. The summed E-state index contributed by atoms with van der Waals surface area (Å²) in [6.07, 6.45) is 0. The van der Waals surface area contributed by atoms with Crippen LogP contribution < -0.4 is 5.19 Å². The SMILES string of the molecule is CC[Si](OC)(OC)c1c(F)c(F)[c]c(F)c1F. The second-order valence-corrected chi connectivity index (χ2v) is 6.80. The highest BCUT2D eigenvalue weighted by Gasteiger charge is 2.43. The van der Waals surface area contributed by atoms with Gasteiger partial charge in [0, 0.05) is 14.2 Å². The Kier molecular flexibility index (Phi) is 4.29. The lowest BCUT2D eigenvalue weighted by molar-refractivity contribution is 0.255. The average Bonchev–Trinajstić information content (AvgIpc) is 2.33. The van der Waals surface area contributed by atoms with Crippen LogP contribution in [0.3, 0.4) is 0 Å². The summed E-state index contributed by atoms with van der Waals surface area (Å²) in [6, 6.07) is 1.43. The van der Waals surface area contributed by atoms with Gasteiger partial charge in [0.15, 0.2) is 23.3 Å². The zero-order chi connectivity index (χ0) is 13.2. The third-order valence-corrected chi connectivity index (χ3v) is 6.00. The van der Waals surface area contributed by atoms with E-state index in [1.165, 1.54) is 20.3 Å². The fraction of sp³-hybridized carbons (Fsp3) is 0.400. The Morgan fingerprint density at radius 1 is 1.00 bits per heavy atom. The molecule has 0 aromatic heterocycles. The molecule has 0 aliphatic rings. The Labute approximate surface area is 97.4 Å². The van der Waals surface area contributed by atoms with Gasteiger partial charge in [0.1, 0.15) is 0 Å². The first-order valence-corrected chi connectivity index (χ1v) is 6.81. The maximum absolute atomic E-state index is 13.6.